The van der Waals surface area contributed by atoms with Crippen molar-refractivity contribution in [2.45, 2.75) is 19.8 Å². The Balaban J connectivity index is 1.45. The van der Waals surface area contributed by atoms with Gasteiger partial charge in [-0.25, -0.2) is 19.3 Å². The molecular weight excluding hydrogens is 451 g/mol. The maximum absolute atomic E-state index is 13.8. The van der Waals surface area contributed by atoms with E-state index in [2.05, 4.69) is 20.3 Å². The number of aromatic nitrogens is 4. The minimum Gasteiger partial charge on any atom is -0.494 e. The Morgan fingerprint density at radius 1 is 1.17 bits per heavy atom. The lowest BCUT2D eigenvalue weighted by molar-refractivity contribution is -0.117. The second kappa shape index (κ2) is 8.79. The first-order chi connectivity index (χ1) is 16.9. The summed E-state index contributed by atoms with van der Waals surface area (Å²) >= 11 is 0. The van der Waals surface area contributed by atoms with Crippen LogP contribution in [0.2, 0.25) is 0 Å². The number of rotatable bonds is 6. The van der Waals surface area contributed by atoms with Gasteiger partial charge in [0.1, 0.15) is 11.5 Å². The van der Waals surface area contributed by atoms with Crippen LogP contribution >= 0.6 is 0 Å². The summed E-state index contributed by atoms with van der Waals surface area (Å²) in [5, 5.41) is 2.82. The van der Waals surface area contributed by atoms with Crippen LogP contribution in [0.1, 0.15) is 29.0 Å². The van der Waals surface area contributed by atoms with Gasteiger partial charge in [0.25, 0.3) is 5.91 Å². The van der Waals surface area contributed by atoms with E-state index in [1.807, 2.05) is 6.07 Å². The van der Waals surface area contributed by atoms with Gasteiger partial charge < -0.3 is 15.0 Å². The van der Waals surface area contributed by atoms with Gasteiger partial charge in [-0.2, -0.15) is 0 Å². The summed E-state index contributed by atoms with van der Waals surface area (Å²) in [6.45, 7) is 1.78. The molecule has 35 heavy (non-hydrogen) atoms. The molecule has 4 aromatic rings. The van der Waals surface area contributed by atoms with Crippen LogP contribution in [0.5, 0.6) is 5.75 Å². The molecule has 0 saturated heterocycles. The first kappa shape index (κ1) is 22.5. The van der Waals surface area contributed by atoms with Gasteiger partial charge in [0.2, 0.25) is 5.91 Å². The fourth-order valence-electron chi connectivity index (χ4n) is 3.80. The van der Waals surface area contributed by atoms with Crippen LogP contribution in [0, 0.1) is 18.7 Å². The summed E-state index contributed by atoms with van der Waals surface area (Å²) in [5.41, 5.74) is 3.33. The highest BCUT2D eigenvalue weighted by Gasteiger charge is 2.29. The zero-order valence-electron chi connectivity index (χ0n) is 19.4. The van der Waals surface area contributed by atoms with Crippen molar-refractivity contribution in [3.05, 3.63) is 66.1 Å². The number of methoxy groups -OCH3 is 1. The Labute approximate surface area is 200 Å². The lowest BCUT2D eigenvalue weighted by Gasteiger charge is -2.18. The molecule has 1 fully saturated rings. The zero-order valence-corrected chi connectivity index (χ0v) is 19.4. The van der Waals surface area contributed by atoms with Gasteiger partial charge in [0.15, 0.2) is 17.2 Å². The number of fused-ring (bicyclic) bond motifs is 1. The monoisotopic (exact) mass is 474 g/mol. The molecule has 0 radical (unpaired) electrons. The third kappa shape index (κ3) is 4.30. The van der Waals surface area contributed by atoms with Crippen molar-refractivity contribution in [2.24, 2.45) is 5.92 Å². The number of hydrogen-bond donors (Lipinski definition) is 1. The molecule has 0 atom stereocenters. The molecule has 5 rings (SSSR count). The Hall–Kier alpha value is -4.34. The molecule has 1 aliphatic rings. The van der Waals surface area contributed by atoms with Crippen molar-refractivity contribution in [2.75, 3.05) is 24.4 Å². The molecule has 2 amide bonds. The standard InChI is InChI=1S/C25H23FN6O3/c1-14-23-28-12-20(16-6-9-22(27-11-16)30-24(33)15-4-5-15)32(23)13-19(29-14)25(34)31(2)17-7-8-18(26)21(10-17)35-3/h6-13,15H,4-5H2,1-3H3,(H,27,30,33). The van der Waals surface area contributed by atoms with Crippen molar-refractivity contribution >= 4 is 29.0 Å². The van der Waals surface area contributed by atoms with Crippen molar-refractivity contribution in [3.8, 4) is 17.0 Å². The second-order valence-corrected chi connectivity index (χ2v) is 8.43. The number of benzene rings is 1. The average molecular weight is 474 g/mol. The number of imidazole rings is 1. The number of hydrogen-bond acceptors (Lipinski definition) is 6. The molecule has 0 unspecified atom stereocenters. The number of amides is 2. The van der Waals surface area contributed by atoms with Gasteiger partial charge in [-0.3, -0.25) is 14.0 Å². The molecule has 0 aliphatic heterocycles. The van der Waals surface area contributed by atoms with Crippen molar-refractivity contribution in [3.63, 3.8) is 0 Å². The minimum absolute atomic E-state index is 0.00667. The number of anilines is 2. The molecule has 178 valence electrons. The smallest absolute Gasteiger partial charge is 0.278 e. The number of pyridine rings is 1. The predicted molar refractivity (Wildman–Crippen MR) is 128 cm³/mol. The minimum atomic E-state index is -0.512. The van der Waals surface area contributed by atoms with Crippen LogP contribution < -0.4 is 15.0 Å². The second-order valence-electron chi connectivity index (χ2n) is 8.43. The predicted octanol–water partition coefficient (Wildman–Crippen LogP) is 3.87. The fraction of sp³-hybridized carbons (Fsp3) is 0.240. The third-order valence-electron chi connectivity index (χ3n) is 5.96. The maximum Gasteiger partial charge on any atom is 0.278 e. The van der Waals surface area contributed by atoms with E-state index in [9.17, 15) is 14.0 Å². The number of ether oxygens (including phenoxy) is 1. The molecule has 1 N–H and O–H groups in total. The summed E-state index contributed by atoms with van der Waals surface area (Å²) in [6, 6.07) is 7.78. The summed E-state index contributed by atoms with van der Waals surface area (Å²) in [4.78, 5) is 39.9. The highest BCUT2D eigenvalue weighted by Crippen LogP contribution is 2.30. The Morgan fingerprint density at radius 3 is 2.66 bits per heavy atom. The van der Waals surface area contributed by atoms with Gasteiger partial charge >= 0.3 is 0 Å². The van der Waals surface area contributed by atoms with Gasteiger partial charge in [0.05, 0.1) is 24.7 Å². The number of halogens is 1. The zero-order chi connectivity index (χ0) is 24.7. The molecule has 3 aromatic heterocycles. The van der Waals surface area contributed by atoms with Gasteiger partial charge in [-0.05, 0) is 44.0 Å². The average Bonchev–Trinajstić information content (AvgIpc) is 3.63. The van der Waals surface area contributed by atoms with E-state index in [0.717, 1.165) is 24.1 Å². The number of carbonyl (C=O) groups excluding carboxylic acids is 2. The van der Waals surface area contributed by atoms with Crippen LogP contribution in [-0.2, 0) is 4.79 Å². The van der Waals surface area contributed by atoms with Crippen LogP contribution in [-0.4, -0.2) is 45.3 Å². The number of nitrogens with zero attached hydrogens (tertiary/aromatic N) is 5. The van der Waals surface area contributed by atoms with E-state index in [1.54, 1.807) is 43.0 Å². The maximum atomic E-state index is 13.8. The van der Waals surface area contributed by atoms with E-state index >= 15 is 0 Å². The Kier molecular flexibility index (Phi) is 5.64. The van der Waals surface area contributed by atoms with E-state index in [0.29, 0.717) is 22.8 Å². The summed E-state index contributed by atoms with van der Waals surface area (Å²) in [6.07, 6.45) is 6.80. The van der Waals surface area contributed by atoms with E-state index in [-0.39, 0.29) is 29.2 Å². The molecule has 1 aliphatic carbocycles. The van der Waals surface area contributed by atoms with Gasteiger partial charge in [-0.1, -0.05) is 0 Å². The molecule has 0 bridgehead atoms. The molecular formula is C25H23FN6O3. The first-order valence-electron chi connectivity index (χ1n) is 11.1. The van der Waals surface area contributed by atoms with E-state index in [4.69, 9.17) is 4.74 Å². The molecule has 1 aromatic carbocycles. The van der Waals surface area contributed by atoms with Gasteiger partial charge in [0, 0.05) is 42.7 Å². The topological polar surface area (TPSA) is 102 Å². The first-order valence-corrected chi connectivity index (χ1v) is 11.1. The van der Waals surface area contributed by atoms with Crippen LogP contribution in [0.25, 0.3) is 16.9 Å². The lowest BCUT2D eigenvalue weighted by atomic mass is 10.2. The molecule has 1 saturated carbocycles. The lowest BCUT2D eigenvalue weighted by Crippen LogP contribution is -2.27. The van der Waals surface area contributed by atoms with Gasteiger partial charge in [-0.15, -0.1) is 0 Å². The van der Waals surface area contributed by atoms with Crippen LogP contribution in [0.3, 0.4) is 0 Å². The Morgan fingerprint density at radius 2 is 1.97 bits per heavy atom. The third-order valence-corrected chi connectivity index (χ3v) is 5.96. The molecule has 9 nitrogen and oxygen atoms in total. The number of nitrogens with one attached hydrogen (secondary N) is 1. The summed E-state index contributed by atoms with van der Waals surface area (Å²) in [5.74, 6) is -0.266. The summed E-state index contributed by atoms with van der Waals surface area (Å²) < 4.78 is 20.6. The van der Waals surface area contributed by atoms with E-state index < -0.39 is 5.82 Å². The summed E-state index contributed by atoms with van der Waals surface area (Å²) in [7, 11) is 2.95. The normalized spacial score (nSPS) is 13.0. The highest BCUT2D eigenvalue weighted by atomic mass is 19.1. The van der Waals surface area contributed by atoms with Crippen molar-refractivity contribution in [1.82, 2.24) is 19.4 Å². The quantitative estimate of drug-likeness (QED) is 0.455. The molecule has 3 heterocycles. The number of carbonyl (C=O) groups is 2. The fourth-order valence-corrected chi connectivity index (χ4v) is 3.80. The largest absolute Gasteiger partial charge is 0.494 e. The van der Waals surface area contributed by atoms with Crippen LogP contribution in [0.4, 0.5) is 15.9 Å². The molecule has 0 spiro atoms. The molecule has 10 heteroatoms. The van der Waals surface area contributed by atoms with E-state index in [1.165, 1.54) is 30.2 Å². The van der Waals surface area contributed by atoms with Crippen LogP contribution in [0.15, 0.2) is 48.9 Å². The SMILES string of the molecule is COc1cc(N(C)C(=O)c2cn3c(-c4ccc(NC(=O)C5CC5)nc4)cnc3c(C)n2)ccc1F. The number of aryl methyl sites for hydroxylation is 1. The van der Waals surface area contributed by atoms with Crippen molar-refractivity contribution in [1.29, 1.82) is 0 Å². The van der Waals surface area contributed by atoms with Crippen molar-refractivity contribution < 1.29 is 18.7 Å². The Bertz CT molecular complexity index is 1450. The highest BCUT2D eigenvalue weighted by molar-refractivity contribution is 6.04.